The fourth-order valence-electron chi connectivity index (χ4n) is 1.89. The molecule has 0 fully saturated rings. The Hall–Kier alpha value is -2.79. The van der Waals surface area contributed by atoms with Gasteiger partial charge in [0, 0.05) is 22.3 Å². The molecule has 0 unspecified atom stereocenters. The van der Waals surface area contributed by atoms with E-state index in [4.69, 9.17) is 16.3 Å². The predicted octanol–water partition coefficient (Wildman–Crippen LogP) is 3.85. The second-order valence-electron chi connectivity index (χ2n) is 4.81. The fraction of sp³-hybridized carbons (Fsp3) is 0.111. The van der Waals surface area contributed by atoms with Gasteiger partial charge in [0.2, 0.25) is 5.78 Å². The molecule has 2 aromatic rings. The molecular weight excluding hydrogens is 330 g/mol. The summed E-state index contributed by atoms with van der Waals surface area (Å²) in [7, 11) is 0. The Labute approximate surface area is 144 Å². The van der Waals surface area contributed by atoms with Gasteiger partial charge in [-0.25, -0.2) is 0 Å². The molecule has 0 spiro atoms. The second kappa shape index (κ2) is 8.17. The lowest BCUT2D eigenvalue weighted by molar-refractivity contribution is -0.131. The summed E-state index contributed by atoms with van der Waals surface area (Å²) >= 11 is 5.75. The van der Waals surface area contributed by atoms with E-state index >= 15 is 0 Å². The topological polar surface area (TPSA) is 75.6 Å². The van der Waals surface area contributed by atoms with Crippen LogP contribution in [0.2, 0.25) is 5.02 Å². The van der Waals surface area contributed by atoms with Gasteiger partial charge >= 0.3 is 0 Å². The van der Waals surface area contributed by atoms with Crippen LogP contribution in [0.15, 0.2) is 54.6 Å². The predicted molar refractivity (Wildman–Crippen MR) is 93.3 cm³/mol. The van der Waals surface area contributed by atoms with Crippen LogP contribution in [-0.4, -0.2) is 23.4 Å². The Kier molecular flexibility index (Phi) is 5.98. The Morgan fingerprint density at radius 2 is 1.75 bits per heavy atom. The van der Waals surface area contributed by atoms with Crippen LogP contribution in [-0.2, 0) is 9.59 Å². The third-order valence-corrected chi connectivity index (χ3v) is 3.31. The average Bonchev–Trinajstić information content (AvgIpc) is 2.57. The number of amides is 1. The molecule has 0 aromatic heterocycles. The molecule has 2 aromatic carbocycles. The van der Waals surface area contributed by atoms with Crippen molar-refractivity contribution in [2.45, 2.75) is 6.92 Å². The fourth-order valence-corrected chi connectivity index (χ4v) is 2.01. The zero-order chi connectivity index (χ0) is 17.5. The number of hydrogen-bond donors (Lipinski definition) is 2. The van der Waals surface area contributed by atoms with Crippen LogP contribution < -0.4 is 10.1 Å². The maximum absolute atomic E-state index is 11.9. The van der Waals surface area contributed by atoms with E-state index in [0.29, 0.717) is 28.6 Å². The summed E-state index contributed by atoms with van der Waals surface area (Å²) in [6.45, 7) is 2.41. The molecule has 5 nitrogen and oxygen atoms in total. The van der Waals surface area contributed by atoms with Crippen LogP contribution in [0.3, 0.4) is 0 Å². The van der Waals surface area contributed by atoms with Crippen LogP contribution in [0.5, 0.6) is 5.75 Å². The minimum atomic E-state index is -0.865. The molecule has 0 atom stereocenters. The van der Waals surface area contributed by atoms with Gasteiger partial charge in [0.1, 0.15) is 11.5 Å². The smallest absolute Gasteiger partial charge is 0.296 e. The molecule has 0 aliphatic rings. The van der Waals surface area contributed by atoms with E-state index in [1.54, 1.807) is 48.5 Å². The first kappa shape index (κ1) is 17.6. The Balaban J connectivity index is 2.02. The van der Waals surface area contributed by atoms with Crippen molar-refractivity contribution >= 4 is 34.7 Å². The quantitative estimate of drug-likeness (QED) is 0.474. The van der Waals surface area contributed by atoms with Crippen LogP contribution in [0.1, 0.15) is 12.5 Å². The van der Waals surface area contributed by atoms with Crippen molar-refractivity contribution in [3.63, 3.8) is 0 Å². The van der Waals surface area contributed by atoms with Crippen LogP contribution in [0.25, 0.3) is 5.76 Å². The summed E-state index contributed by atoms with van der Waals surface area (Å²) in [6.07, 6.45) is 0.868. The van der Waals surface area contributed by atoms with Crippen LogP contribution >= 0.6 is 11.6 Å². The number of anilines is 1. The highest BCUT2D eigenvalue weighted by atomic mass is 35.5. The largest absolute Gasteiger partial charge is 0.507 e. The van der Waals surface area contributed by atoms with Crippen molar-refractivity contribution < 1.29 is 19.4 Å². The van der Waals surface area contributed by atoms with Crippen molar-refractivity contribution in [1.29, 1.82) is 0 Å². The maximum Gasteiger partial charge on any atom is 0.296 e. The highest BCUT2D eigenvalue weighted by Crippen LogP contribution is 2.17. The SMILES string of the molecule is CCOc1ccc(NC(=O)C(=O)C=C(O)c2ccc(Cl)cc2)cc1. The number of carbonyl (C=O) groups excluding carboxylic acids is 2. The molecule has 0 aliphatic heterocycles. The maximum atomic E-state index is 11.9. The molecule has 1 amide bonds. The van der Waals surface area contributed by atoms with Crippen molar-refractivity contribution in [3.05, 3.63) is 65.2 Å². The third kappa shape index (κ3) is 4.86. The molecule has 0 radical (unpaired) electrons. The van der Waals surface area contributed by atoms with Crippen LogP contribution in [0.4, 0.5) is 5.69 Å². The van der Waals surface area contributed by atoms with Gasteiger partial charge in [0.15, 0.2) is 0 Å². The van der Waals surface area contributed by atoms with Gasteiger partial charge in [-0.2, -0.15) is 0 Å². The van der Waals surface area contributed by atoms with Gasteiger partial charge in [-0.15, -0.1) is 0 Å². The Morgan fingerprint density at radius 1 is 1.12 bits per heavy atom. The lowest BCUT2D eigenvalue weighted by Gasteiger charge is -2.06. The summed E-state index contributed by atoms with van der Waals surface area (Å²) in [4.78, 5) is 23.7. The molecule has 0 saturated carbocycles. The molecule has 124 valence electrons. The number of aliphatic hydroxyl groups excluding tert-OH is 1. The van der Waals surface area contributed by atoms with Crippen molar-refractivity contribution in [2.75, 3.05) is 11.9 Å². The lowest BCUT2D eigenvalue weighted by atomic mass is 10.1. The highest BCUT2D eigenvalue weighted by Gasteiger charge is 2.13. The number of nitrogens with one attached hydrogen (secondary N) is 1. The van der Waals surface area contributed by atoms with E-state index in [2.05, 4.69) is 5.32 Å². The molecule has 0 saturated heterocycles. The van der Waals surface area contributed by atoms with Gasteiger partial charge in [-0.05, 0) is 55.5 Å². The molecule has 6 heteroatoms. The van der Waals surface area contributed by atoms with Crippen molar-refractivity contribution in [2.24, 2.45) is 0 Å². The van der Waals surface area contributed by atoms with Gasteiger partial charge < -0.3 is 15.2 Å². The zero-order valence-corrected chi connectivity index (χ0v) is 13.7. The Morgan fingerprint density at radius 3 is 2.33 bits per heavy atom. The van der Waals surface area contributed by atoms with Crippen LogP contribution in [0, 0.1) is 0 Å². The summed E-state index contributed by atoms with van der Waals surface area (Å²) in [5.74, 6) is -1.35. The first-order valence-corrected chi connectivity index (χ1v) is 7.62. The van der Waals surface area contributed by atoms with E-state index in [0.717, 1.165) is 6.08 Å². The third-order valence-electron chi connectivity index (χ3n) is 3.05. The second-order valence-corrected chi connectivity index (χ2v) is 5.25. The van der Waals surface area contributed by atoms with Gasteiger partial charge in [0.05, 0.1) is 6.61 Å². The molecule has 2 rings (SSSR count). The minimum absolute atomic E-state index is 0.307. The van der Waals surface area contributed by atoms with Crippen molar-refractivity contribution in [1.82, 2.24) is 0 Å². The lowest BCUT2D eigenvalue weighted by Crippen LogP contribution is -2.21. The number of carbonyl (C=O) groups is 2. The van der Waals surface area contributed by atoms with Gasteiger partial charge in [-0.1, -0.05) is 11.6 Å². The molecule has 0 bridgehead atoms. The highest BCUT2D eigenvalue weighted by molar-refractivity contribution is 6.45. The summed E-state index contributed by atoms with van der Waals surface area (Å²) in [5.41, 5.74) is 0.845. The van der Waals surface area contributed by atoms with E-state index in [1.165, 1.54) is 0 Å². The number of ketones is 1. The number of rotatable bonds is 6. The van der Waals surface area contributed by atoms with Crippen molar-refractivity contribution in [3.8, 4) is 5.75 Å². The van der Waals surface area contributed by atoms with E-state index in [-0.39, 0.29) is 5.76 Å². The molecular formula is C18H16ClNO4. The monoisotopic (exact) mass is 345 g/mol. The molecule has 0 heterocycles. The van der Waals surface area contributed by atoms with E-state index in [9.17, 15) is 14.7 Å². The summed E-state index contributed by atoms with van der Waals surface area (Å²) in [5, 5.41) is 12.9. The number of halogens is 1. The van der Waals surface area contributed by atoms with E-state index < -0.39 is 11.7 Å². The molecule has 0 aliphatic carbocycles. The summed E-state index contributed by atoms with van der Waals surface area (Å²) in [6, 6.07) is 12.9. The normalized spacial score (nSPS) is 11.0. The summed E-state index contributed by atoms with van der Waals surface area (Å²) < 4.78 is 5.29. The molecule has 2 N–H and O–H groups in total. The minimum Gasteiger partial charge on any atom is -0.507 e. The van der Waals surface area contributed by atoms with E-state index in [1.807, 2.05) is 6.92 Å². The van der Waals surface area contributed by atoms with Gasteiger partial charge in [-0.3, -0.25) is 9.59 Å². The standard InChI is InChI=1S/C18H16ClNO4/c1-2-24-15-9-7-14(8-10-15)20-18(23)17(22)11-16(21)12-3-5-13(19)6-4-12/h3-11,21H,2H2,1H3,(H,20,23). The first-order valence-electron chi connectivity index (χ1n) is 7.24. The Bertz CT molecular complexity index is 752. The molecule has 24 heavy (non-hydrogen) atoms. The zero-order valence-electron chi connectivity index (χ0n) is 13.0. The first-order chi connectivity index (χ1) is 11.5. The average molecular weight is 346 g/mol. The number of ether oxygens (including phenoxy) is 1. The number of hydrogen-bond acceptors (Lipinski definition) is 4. The number of benzene rings is 2. The van der Waals surface area contributed by atoms with Gasteiger partial charge in [0.25, 0.3) is 5.91 Å². The number of aliphatic hydroxyl groups is 1.